The highest BCUT2D eigenvalue weighted by molar-refractivity contribution is 6.32. The second kappa shape index (κ2) is 6.27. The van der Waals surface area contributed by atoms with Crippen LogP contribution in [0, 0.1) is 18.8 Å². The molecular formula is C20H24ClN3O4. The molecule has 150 valence electrons. The summed E-state index contributed by atoms with van der Waals surface area (Å²) in [4.78, 5) is 41.1. The van der Waals surface area contributed by atoms with Crippen molar-refractivity contribution in [3.05, 3.63) is 28.3 Å². The van der Waals surface area contributed by atoms with E-state index in [1.807, 2.05) is 13.8 Å². The molecule has 3 aliphatic heterocycles. The number of hydrogen-bond donors (Lipinski definition) is 3. The van der Waals surface area contributed by atoms with Crippen LogP contribution >= 0.6 is 11.6 Å². The van der Waals surface area contributed by atoms with Gasteiger partial charge < -0.3 is 10.4 Å². The third-order valence-electron chi connectivity index (χ3n) is 6.60. The van der Waals surface area contributed by atoms with E-state index >= 15 is 0 Å². The maximum absolute atomic E-state index is 13.4. The summed E-state index contributed by atoms with van der Waals surface area (Å²) < 4.78 is 0. The van der Waals surface area contributed by atoms with E-state index in [2.05, 4.69) is 10.6 Å². The van der Waals surface area contributed by atoms with E-state index < -0.39 is 35.4 Å². The van der Waals surface area contributed by atoms with Crippen LogP contribution < -0.4 is 10.6 Å². The molecule has 3 N–H and O–H groups in total. The number of fused-ring (bicyclic) bond motifs is 4. The van der Waals surface area contributed by atoms with E-state index in [1.54, 1.807) is 26.0 Å². The molecule has 1 spiro atoms. The molecule has 2 saturated heterocycles. The Kier molecular flexibility index (Phi) is 4.34. The van der Waals surface area contributed by atoms with E-state index in [0.717, 1.165) is 0 Å². The van der Waals surface area contributed by atoms with Crippen molar-refractivity contribution in [2.75, 3.05) is 5.32 Å². The molecule has 0 bridgehead atoms. The molecule has 0 unspecified atom stereocenters. The second-order valence-corrected chi connectivity index (χ2v) is 8.48. The highest BCUT2D eigenvalue weighted by Gasteiger charge is 2.71. The molecular weight excluding hydrogens is 382 g/mol. The van der Waals surface area contributed by atoms with Crippen molar-refractivity contribution >= 4 is 35.0 Å². The zero-order chi connectivity index (χ0) is 20.5. The number of nitrogens with zero attached hydrogens (tertiary/aromatic N) is 1. The maximum Gasteiger partial charge on any atom is 0.250 e. The Labute approximate surface area is 168 Å². The van der Waals surface area contributed by atoms with Crippen molar-refractivity contribution in [3.63, 3.8) is 0 Å². The summed E-state index contributed by atoms with van der Waals surface area (Å²) in [6.07, 6.45) is -0.292. The van der Waals surface area contributed by atoms with Crippen LogP contribution in [0.1, 0.15) is 38.3 Å². The van der Waals surface area contributed by atoms with E-state index in [1.165, 1.54) is 4.90 Å². The lowest BCUT2D eigenvalue weighted by Gasteiger charge is -2.31. The first kappa shape index (κ1) is 19.4. The first-order valence-electron chi connectivity index (χ1n) is 9.60. The largest absolute Gasteiger partial charge is 0.392 e. The summed E-state index contributed by atoms with van der Waals surface area (Å²) in [6, 6.07) is 2.44. The number of nitrogens with one attached hydrogen (secondary N) is 2. The van der Waals surface area contributed by atoms with Gasteiger partial charge in [-0.15, -0.1) is 0 Å². The van der Waals surface area contributed by atoms with E-state index in [4.69, 9.17) is 11.6 Å². The van der Waals surface area contributed by atoms with Crippen molar-refractivity contribution < 1.29 is 19.5 Å². The lowest BCUT2D eigenvalue weighted by atomic mass is 9.76. The van der Waals surface area contributed by atoms with Crippen molar-refractivity contribution in [1.82, 2.24) is 10.2 Å². The maximum atomic E-state index is 13.4. The predicted octanol–water partition coefficient (Wildman–Crippen LogP) is 1.55. The minimum absolute atomic E-state index is 0.270. The topological polar surface area (TPSA) is 98.7 Å². The fourth-order valence-corrected chi connectivity index (χ4v) is 5.13. The highest BCUT2D eigenvalue weighted by Crippen LogP contribution is 2.54. The molecule has 0 radical (unpaired) electrons. The minimum atomic E-state index is -1.40. The van der Waals surface area contributed by atoms with Gasteiger partial charge in [0.15, 0.2) is 0 Å². The van der Waals surface area contributed by atoms with Crippen molar-refractivity contribution in [2.45, 2.75) is 57.8 Å². The number of anilines is 1. The molecule has 3 heterocycles. The van der Waals surface area contributed by atoms with E-state index in [0.29, 0.717) is 28.3 Å². The zero-order valence-corrected chi connectivity index (χ0v) is 17.0. The number of halogens is 1. The van der Waals surface area contributed by atoms with Gasteiger partial charge in [0, 0.05) is 22.7 Å². The normalized spacial score (nSPS) is 33.3. The number of hydrogen-bond acceptors (Lipinski definition) is 5. The van der Waals surface area contributed by atoms with Crippen LogP contribution in [0.3, 0.4) is 0 Å². The Balaban J connectivity index is 1.93. The van der Waals surface area contributed by atoms with Gasteiger partial charge in [0.2, 0.25) is 17.7 Å². The Morgan fingerprint density at radius 2 is 1.93 bits per heavy atom. The first-order valence-corrected chi connectivity index (χ1v) is 9.98. The van der Waals surface area contributed by atoms with Gasteiger partial charge >= 0.3 is 0 Å². The Morgan fingerprint density at radius 3 is 2.54 bits per heavy atom. The number of amides is 3. The highest BCUT2D eigenvalue weighted by atomic mass is 35.5. The van der Waals surface area contributed by atoms with E-state index in [-0.39, 0.29) is 17.9 Å². The van der Waals surface area contributed by atoms with Gasteiger partial charge in [-0.1, -0.05) is 24.6 Å². The minimum Gasteiger partial charge on any atom is -0.392 e. The third kappa shape index (κ3) is 2.21. The summed E-state index contributed by atoms with van der Waals surface area (Å²) in [5.41, 5.74) is 0.479. The zero-order valence-electron chi connectivity index (χ0n) is 16.2. The number of imide groups is 1. The Morgan fingerprint density at radius 1 is 1.25 bits per heavy atom. The molecule has 1 aromatic carbocycles. The third-order valence-corrected chi connectivity index (χ3v) is 7.01. The Hall–Kier alpha value is -1.96. The second-order valence-electron chi connectivity index (χ2n) is 8.08. The average molecular weight is 406 g/mol. The van der Waals surface area contributed by atoms with Gasteiger partial charge in [0.25, 0.3) is 0 Å². The molecule has 0 aromatic heterocycles. The fourth-order valence-electron chi connectivity index (χ4n) is 4.97. The smallest absolute Gasteiger partial charge is 0.250 e. The van der Waals surface area contributed by atoms with Crippen LogP contribution in [-0.2, 0) is 19.9 Å². The average Bonchev–Trinajstić information content (AvgIpc) is 3.24. The fraction of sp³-hybridized carbons (Fsp3) is 0.550. The first-order chi connectivity index (χ1) is 13.2. The molecule has 28 heavy (non-hydrogen) atoms. The summed E-state index contributed by atoms with van der Waals surface area (Å²) in [5, 5.41) is 16.9. The number of rotatable bonds is 3. The molecule has 7 nitrogen and oxygen atoms in total. The molecule has 0 aliphatic carbocycles. The summed E-state index contributed by atoms with van der Waals surface area (Å²) in [6.45, 7) is 7.09. The van der Waals surface area contributed by atoms with Gasteiger partial charge in [-0.25, -0.2) is 0 Å². The molecule has 1 aromatic rings. The van der Waals surface area contributed by atoms with Crippen LogP contribution in [0.2, 0.25) is 5.02 Å². The number of aliphatic hydroxyl groups is 1. The number of benzene rings is 1. The SMILES string of the molecule is CC[C@H](C)N1C(=O)[C@@H]2[C@H]([C@H](C)O)N[C@]3(C(=O)Nc4c3ccc(Cl)c4C)[C@@H]2C1=O. The summed E-state index contributed by atoms with van der Waals surface area (Å²) in [5.74, 6) is -2.79. The van der Waals surface area contributed by atoms with Crippen molar-refractivity contribution in [1.29, 1.82) is 0 Å². The molecule has 8 heteroatoms. The van der Waals surface area contributed by atoms with Gasteiger partial charge in [-0.2, -0.15) is 0 Å². The summed E-state index contributed by atoms with van der Waals surface area (Å²) >= 11 is 6.22. The summed E-state index contributed by atoms with van der Waals surface area (Å²) in [7, 11) is 0. The van der Waals surface area contributed by atoms with E-state index in [9.17, 15) is 19.5 Å². The predicted molar refractivity (Wildman–Crippen MR) is 104 cm³/mol. The van der Waals surface area contributed by atoms with Crippen LogP contribution in [0.5, 0.6) is 0 Å². The molecule has 0 saturated carbocycles. The van der Waals surface area contributed by atoms with Gasteiger partial charge in [0.05, 0.1) is 23.6 Å². The lowest BCUT2D eigenvalue weighted by Crippen LogP contribution is -2.55. The molecule has 6 atom stereocenters. The van der Waals surface area contributed by atoms with Crippen molar-refractivity contribution in [2.24, 2.45) is 11.8 Å². The number of carbonyl (C=O) groups is 3. The standard InChI is InChI=1S/C20H24ClN3O4/c1-5-8(2)24-17(26)13-14(18(24)27)20(23-16(13)10(4)25)11-6-7-12(21)9(3)15(11)22-19(20)28/h6-8,10,13-14,16,23,25H,5H2,1-4H3,(H,22,28)/t8-,10-,13-,14-,16-,20-/m0/s1. The molecule has 3 aliphatic rings. The van der Waals surface area contributed by atoms with Crippen LogP contribution in [0.25, 0.3) is 0 Å². The van der Waals surface area contributed by atoms with Gasteiger partial charge in [0.1, 0.15) is 5.54 Å². The lowest BCUT2D eigenvalue weighted by molar-refractivity contribution is -0.145. The number of carbonyl (C=O) groups excluding carboxylic acids is 3. The monoisotopic (exact) mass is 405 g/mol. The van der Waals surface area contributed by atoms with Gasteiger partial charge in [-0.05, 0) is 38.8 Å². The number of likely N-dealkylation sites (tertiary alicyclic amines) is 1. The van der Waals surface area contributed by atoms with Crippen LogP contribution in [0.15, 0.2) is 12.1 Å². The van der Waals surface area contributed by atoms with Crippen molar-refractivity contribution in [3.8, 4) is 0 Å². The molecule has 4 rings (SSSR count). The Bertz CT molecular complexity index is 902. The number of aliphatic hydroxyl groups excluding tert-OH is 1. The van der Waals surface area contributed by atoms with Gasteiger partial charge in [-0.3, -0.25) is 24.6 Å². The molecule has 2 fully saturated rings. The van der Waals surface area contributed by atoms with Crippen LogP contribution in [0.4, 0.5) is 5.69 Å². The van der Waals surface area contributed by atoms with Crippen LogP contribution in [-0.4, -0.2) is 45.9 Å². The quantitative estimate of drug-likeness (QED) is 0.663. The molecule has 3 amide bonds.